The van der Waals surface area contributed by atoms with E-state index in [0.717, 1.165) is 5.56 Å². The van der Waals surface area contributed by atoms with E-state index < -0.39 is 0 Å². The molecule has 0 bridgehead atoms. The van der Waals surface area contributed by atoms with Gasteiger partial charge in [-0.15, -0.1) is 10.2 Å². The lowest BCUT2D eigenvalue weighted by molar-refractivity contribution is 0.310. The number of halogens is 2. The molecule has 0 fully saturated rings. The molecule has 3 rings (SSSR count). The van der Waals surface area contributed by atoms with Crippen molar-refractivity contribution >= 4 is 40.8 Å². The molecule has 22 heavy (non-hydrogen) atoms. The van der Waals surface area contributed by atoms with E-state index in [-0.39, 0.29) is 5.82 Å². The second kappa shape index (κ2) is 6.15. The van der Waals surface area contributed by atoms with Gasteiger partial charge in [-0.3, -0.25) is 0 Å². The van der Waals surface area contributed by atoms with Crippen LogP contribution >= 0.6 is 35.0 Å². The molecule has 0 aliphatic heterocycles. The molecule has 0 saturated heterocycles. The normalized spacial score (nSPS) is 11.0. The van der Waals surface area contributed by atoms with E-state index in [1.807, 2.05) is 0 Å². The summed E-state index contributed by atoms with van der Waals surface area (Å²) in [6.07, 6.45) is 0. The van der Waals surface area contributed by atoms with Gasteiger partial charge in [0.05, 0.1) is 0 Å². The van der Waals surface area contributed by atoms with Crippen molar-refractivity contribution in [1.82, 2.24) is 25.1 Å². The molecular weight excluding hydrogens is 347 g/mol. The lowest BCUT2D eigenvalue weighted by Gasteiger charge is -2.06. The molecule has 0 atom stereocenters. The predicted octanol–water partition coefficient (Wildman–Crippen LogP) is 3.05. The number of anilines is 1. The van der Waals surface area contributed by atoms with Crippen molar-refractivity contribution in [3.63, 3.8) is 0 Å². The van der Waals surface area contributed by atoms with Crippen LogP contribution in [-0.4, -0.2) is 25.1 Å². The molecule has 0 aliphatic carbocycles. The minimum atomic E-state index is 0.168. The third kappa shape index (κ3) is 2.77. The van der Waals surface area contributed by atoms with Crippen LogP contribution in [-0.2, 0) is 12.8 Å². The van der Waals surface area contributed by atoms with Crippen LogP contribution in [0.2, 0.25) is 10.0 Å². The monoisotopic (exact) mass is 356 g/mol. The summed E-state index contributed by atoms with van der Waals surface area (Å²) >= 11 is 13.8. The Labute approximate surface area is 139 Å². The highest BCUT2D eigenvalue weighted by Crippen LogP contribution is 2.32. The molecule has 114 valence electrons. The van der Waals surface area contributed by atoms with Gasteiger partial charge in [0, 0.05) is 22.8 Å². The number of nitrogens with zero attached hydrogens (tertiary/aromatic N) is 5. The Morgan fingerprint density at radius 3 is 2.59 bits per heavy atom. The van der Waals surface area contributed by atoms with Gasteiger partial charge >= 0.3 is 0 Å². The van der Waals surface area contributed by atoms with E-state index in [1.54, 1.807) is 29.8 Å². The van der Waals surface area contributed by atoms with E-state index in [4.69, 9.17) is 28.9 Å². The smallest absolute Gasteiger partial charge is 0.199 e. The molecule has 0 unspecified atom stereocenters. The van der Waals surface area contributed by atoms with E-state index in [9.17, 15) is 0 Å². The highest BCUT2D eigenvalue weighted by atomic mass is 35.5. The molecule has 10 heteroatoms. The van der Waals surface area contributed by atoms with Gasteiger partial charge < -0.3 is 10.3 Å². The van der Waals surface area contributed by atoms with E-state index in [0.29, 0.717) is 32.5 Å². The van der Waals surface area contributed by atoms with Crippen molar-refractivity contribution in [3.8, 4) is 11.5 Å². The minimum absolute atomic E-state index is 0.168. The number of thioether (sulfide) groups is 1. The second-order valence-electron chi connectivity index (χ2n) is 4.35. The maximum absolute atomic E-state index is 6.15. The molecule has 1 aromatic carbocycles. The second-order valence-corrected chi connectivity index (χ2v) is 6.11. The summed E-state index contributed by atoms with van der Waals surface area (Å²) in [5.74, 6) is 1.21. The number of rotatable bonds is 4. The Hall–Kier alpha value is -1.77. The van der Waals surface area contributed by atoms with Gasteiger partial charge in [0.15, 0.2) is 22.5 Å². The van der Waals surface area contributed by atoms with Crippen LogP contribution in [0.15, 0.2) is 28.0 Å². The fourth-order valence-electron chi connectivity index (χ4n) is 1.80. The average Bonchev–Trinajstić information content (AvgIpc) is 3.05. The van der Waals surface area contributed by atoms with Gasteiger partial charge in [-0.1, -0.05) is 41.0 Å². The zero-order valence-electron chi connectivity index (χ0n) is 11.3. The van der Waals surface area contributed by atoms with Crippen LogP contribution in [0.25, 0.3) is 11.5 Å². The van der Waals surface area contributed by atoms with Crippen molar-refractivity contribution in [3.05, 3.63) is 33.8 Å². The molecule has 0 spiro atoms. The fourth-order valence-corrected chi connectivity index (χ4v) is 3.46. The molecule has 7 nitrogen and oxygen atoms in total. The minimum Gasteiger partial charge on any atom is -0.379 e. The molecule has 0 radical (unpaired) electrons. The Morgan fingerprint density at radius 2 is 1.95 bits per heavy atom. The Morgan fingerprint density at radius 1 is 1.23 bits per heavy atom. The highest BCUT2D eigenvalue weighted by molar-refractivity contribution is 7.98. The third-order valence-corrected chi connectivity index (χ3v) is 4.72. The van der Waals surface area contributed by atoms with Gasteiger partial charge in [-0.05, 0) is 28.0 Å². The van der Waals surface area contributed by atoms with Gasteiger partial charge in [0.25, 0.3) is 0 Å². The molecule has 0 amide bonds. The number of nitrogen functional groups attached to an aromatic ring is 1. The molecule has 2 N–H and O–H groups in total. The van der Waals surface area contributed by atoms with Crippen LogP contribution in [0.1, 0.15) is 5.56 Å². The first-order valence-corrected chi connectivity index (χ1v) is 7.85. The summed E-state index contributed by atoms with van der Waals surface area (Å²) in [4.78, 5) is 0. The first-order valence-electron chi connectivity index (χ1n) is 6.11. The van der Waals surface area contributed by atoms with Gasteiger partial charge in [0.2, 0.25) is 0 Å². The summed E-state index contributed by atoms with van der Waals surface area (Å²) in [7, 11) is 1.81. The zero-order chi connectivity index (χ0) is 15.7. The molecule has 0 aliphatic rings. The number of hydrogen-bond donors (Lipinski definition) is 1. The van der Waals surface area contributed by atoms with Crippen LogP contribution in [0.3, 0.4) is 0 Å². The summed E-state index contributed by atoms with van der Waals surface area (Å²) in [6.45, 7) is 0. The van der Waals surface area contributed by atoms with E-state index in [1.165, 1.54) is 11.8 Å². The standard InChI is InChI=1S/C12H10Cl2N6OS/c1-20-11(9-10(15)19-21-18-9)16-17-12(20)22-5-6-7(13)3-2-4-8(6)14/h2-4H,5H2,1H3,(H2,15,19). The Bertz CT molecular complexity index is 798. The van der Waals surface area contributed by atoms with E-state index in [2.05, 4.69) is 25.1 Å². The maximum Gasteiger partial charge on any atom is 0.199 e. The van der Waals surface area contributed by atoms with Crippen molar-refractivity contribution in [1.29, 1.82) is 0 Å². The summed E-state index contributed by atoms with van der Waals surface area (Å²) in [5.41, 5.74) is 6.87. The first-order chi connectivity index (χ1) is 10.6. The van der Waals surface area contributed by atoms with E-state index >= 15 is 0 Å². The van der Waals surface area contributed by atoms with Crippen LogP contribution in [0.4, 0.5) is 5.82 Å². The number of hydrogen-bond acceptors (Lipinski definition) is 7. The molecule has 2 aromatic heterocycles. The summed E-state index contributed by atoms with van der Waals surface area (Å²) < 4.78 is 6.33. The zero-order valence-corrected chi connectivity index (χ0v) is 13.7. The van der Waals surface area contributed by atoms with Crippen LogP contribution in [0.5, 0.6) is 0 Å². The maximum atomic E-state index is 6.15. The molecular formula is C12H10Cl2N6OS. The largest absolute Gasteiger partial charge is 0.379 e. The van der Waals surface area contributed by atoms with Gasteiger partial charge in [-0.2, -0.15) is 0 Å². The Balaban J connectivity index is 1.83. The Kier molecular flexibility index (Phi) is 4.23. The SMILES string of the molecule is Cn1c(SCc2c(Cl)cccc2Cl)nnc1-c1nonc1N. The third-order valence-electron chi connectivity index (χ3n) is 2.97. The van der Waals surface area contributed by atoms with Gasteiger partial charge in [-0.25, -0.2) is 4.63 Å². The number of nitrogens with two attached hydrogens (primary N) is 1. The van der Waals surface area contributed by atoms with Crippen molar-refractivity contribution in [2.45, 2.75) is 10.9 Å². The predicted molar refractivity (Wildman–Crippen MR) is 84.7 cm³/mol. The molecule has 2 heterocycles. The quantitative estimate of drug-likeness (QED) is 0.717. The lowest BCUT2D eigenvalue weighted by Crippen LogP contribution is -1.98. The van der Waals surface area contributed by atoms with Crippen molar-refractivity contribution in [2.24, 2.45) is 7.05 Å². The molecule has 3 aromatic rings. The number of benzene rings is 1. The lowest BCUT2D eigenvalue weighted by atomic mass is 10.2. The summed E-state index contributed by atoms with van der Waals surface area (Å²) in [5, 5.41) is 17.3. The highest BCUT2D eigenvalue weighted by Gasteiger charge is 2.18. The van der Waals surface area contributed by atoms with Crippen molar-refractivity contribution in [2.75, 3.05) is 5.73 Å². The summed E-state index contributed by atoms with van der Waals surface area (Å²) in [6, 6.07) is 5.40. The average molecular weight is 357 g/mol. The topological polar surface area (TPSA) is 95.6 Å². The number of aromatic nitrogens is 5. The molecule has 0 saturated carbocycles. The first kappa shape index (κ1) is 15.1. The van der Waals surface area contributed by atoms with Crippen LogP contribution < -0.4 is 5.73 Å². The van der Waals surface area contributed by atoms with Crippen LogP contribution in [0, 0.1) is 0 Å². The van der Waals surface area contributed by atoms with Crippen molar-refractivity contribution < 1.29 is 4.63 Å². The fraction of sp³-hybridized carbons (Fsp3) is 0.167. The van der Waals surface area contributed by atoms with Gasteiger partial charge in [0.1, 0.15) is 0 Å².